The summed E-state index contributed by atoms with van der Waals surface area (Å²) in [6, 6.07) is 16.5. The van der Waals surface area contributed by atoms with Crippen molar-refractivity contribution in [2.45, 2.75) is 19.9 Å². The number of thiazole rings is 1. The van der Waals surface area contributed by atoms with Crippen molar-refractivity contribution in [3.05, 3.63) is 118 Å². The number of rotatable bonds is 6. The van der Waals surface area contributed by atoms with Gasteiger partial charge in [-0.15, -0.1) is 0 Å². The van der Waals surface area contributed by atoms with Crippen LogP contribution in [0.4, 0.5) is 5.69 Å². The average Bonchev–Trinajstić information content (AvgIpc) is 3.48. The van der Waals surface area contributed by atoms with E-state index in [1.165, 1.54) is 22.0 Å². The number of hydrogen-bond donors (Lipinski definition) is 0. The summed E-state index contributed by atoms with van der Waals surface area (Å²) in [5.41, 5.74) is 1.40. The fourth-order valence-electron chi connectivity index (χ4n) is 4.31. The van der Waals surface area contributed by atoms with E-state index in [9.17, 15) is 19.7 Å². The molecule has 1 unspecified atom stereocenters. The molecular weight excluding hydrogens is 574 g/mol. The summed E-state index contributed by atoms with van der Waals surface area (Å²) in [7, 11) is 0. The van der Waals surface area contributed by atoms with Crippen LogP contribution < -0.4 is 14.9 Å². The minimum atomic E-state index is -0.703. The van der Waals surface area contributed by atoms with Gasteiger partial charge in [0, 0.05) is 16.6 Å². The maximum Gasteiger partial charge on any atom is 0.338 e. The van der Waals surface area contributed by atoms with Crippen molar-refractivity contribution in [1.82, 2.24) is 4.57 Å². The molecule has 4 aromatic rings. The molecule has 0 fully saturated rings. The van der Waals surface area contributed by atoms with Gasteiger partial charge >= 0.3 is 5.97 Å². The third-order valence-corrected chi connectivity index (χ3v) is 7.43. The average molecular weight is 594 g/mol. The molecule has 192 valence electrons. The molecule has 3 heterocycles. The van der Waals surface area contributed by atoms with Gasteiger partial charge in [0.25, 0.3) is 11.2 Å². The highest BCUT2D eigenvalue weighted by Crippen LogP contribution is 2.34. The number of nitro benzene ring substituents is 1. The molecule has 0 saturated heterocycles. The molecule has 38 heavy (non-hydrogen) atoms. The first kappa shape index (κ1) is 25.6. The zero-order valence-electron chi connectivity index (χ0n) is 20.2. The number of esters is 1. The zero-order valence-corrected chi connectivity index (χ0v) is 22.6. The first-order valence-corrected chi connectivity index (χ1v) is 13.2. The third kappa shape index (κ3) is 4.66. The monoisotopic (exact) mass is 593 g/mol. The Bertz CT molecular complexity index is 1780. The Morgan fingerprint density at radius 2 is 2.00 bits per heavy atom. The van der Waals surface area contributed by atoms with E-state index in [2.05, 4.69) is 20.9 Å². The minimum Gasteiger partial charge on any atom is -0.463 e. The van der Waals surface area contributed by atoms with Gasteiger partial charge in [0.1, 0.15) is 11.5 Å². The standard InChI is InChI=1S/C27H20BrN3O6S/c1-3-36-26(33)23-15(2)29-27-30(24(23)16-7-5-4-6-8-16)25(32)22(38-27)14-18-10-12-21(37-18)19-11-9-17(28)13-20(19)31(34)35/h4-14,24H,3H2,1-2H3/b22-14-. The lowest BCUT2D eigenvalue weighted by Crippen LogP contribution is -2.39. The van der Waals surface area contributed by atoms with Crippen molar-refractivity contribution in [2.24, 2.45) is 4.99 Å². The quantitative estimate of drug-likeness (QED) is 0.181. The molecule has 9 nitrogen and oxygen atoms in total. The normalized spacial score (nSPS) is 15.2. The van der Waals surface area contributed by atoms with Crippen molar-refractivity contribution in [2.75, 3.05) is 6.61 Å². The van der Waals surface area contributed by atoms with Crippen LogP contribution in [0.15, 0.2) is 90.6 Å². The zero-order chi connectivity index (χ0) is 27.0. The lowest BCUT2D eigenvalue weighted by molar-refractivity contribution is -0.384. The summed E-state index contributed by atoms with van der Waals surface area (Å²) >= 11 is 4.42. The summed E-state index contributed by atoms with van der Waals surface area (Å²) in [5, 5.41) is 11.5. The summed E-state index contributed by atoms with van der Waals surface area (Å²) in [5.74, 6) is 0.120. The molecule has 11 heteroatoms. The molecule has 1 aliphatic rings. The molecule has 1 aliphatic heterocycles. The SMILES string of the molecule is CCOC(=O)C1=C(C)N=c2s/c(=C\c3ccc(-c4ccc(Br)cc4[N+](=O)[O-])o3)c(=O)n2C1c1ccccc1. The molecule has 1 atom stereocenters. The number of ether oxygens (including phenoxy) is 1. The van der Waals surface area contributed by atoms with Gasteiger partial charge in [-0.2, -0.15) is 0 Å². The smallest absolute Gasteiger partial charge is 0.338 e. The highest BCUT2D eigenvalue weighted by Gasteiger charge is 2.33. The van der Waals surface area contributed by atoms with Crippen molar-refractivity contribution in [3.63, 3.8) is 0 Å². The van der Waals surface area contributed by atoms with Crippen LogP contribution >= 0.6 is 27.3 Å². The Kier molecular flexibility index (Phi) is 6.96. The van der Waals surface area contributed by atoms with Gasteiger partial charge in [0.05, 0.1) is 38.9 Å². The first-order valence-electron chi connectivity index (χ1n) is 11.6. The van der Waals surface area contributed by atoms with E-state index in [1.54, 1.807) is 44.2 Å². The van der Waals surface area contributed by atoms with E-state index in [-0.39, 0.29) is 17.9 Å². The van der Waals surface area contributed by atoms with Gasteiger partial charge in [0.15, 0.2) is 4.80 Å². The molecule has 0 spiro atoms. The number of nitrogens with zero attached hydrogens (tertiary/aromatic N) is 3. The Labute approximate surface area is 228 Å². The Hall–Kier alpha value is -4.09. The second-order valence-corrected chi connectivity index (χ2v) is 10.3. The van der Waals surface area contributed by atoms with Crippen LogP contribution in [0, 0.1) is 10.1 Å². The van der Waals surface area contributed by atoms with E-state index < -0.39 is 16.9 Å². The maximum absolute atomic E-state index is 13.7. The van der Waals surface area contributed by atoms with Crippen LogP contribution in [0.3, 0.4) is 0 Å². The van der Waals surface area contributed by atoms with Crippen molar-refractivity contribution < 1.29 is 18.9 Å². The first-order chi connectivity index (χ1) is 18.3. The Morgan fingerprint density at radius 1 is 1.24 bits per heavy atom. The van der Waals surface area contributed by atoms with Gasteiger partial charge in [-0.1, -0.05) is 57.6 Å². The molecule has 0 radical (unpaired) electrons. The highest BCUT2D eigenvalue weighted by atomic mass is 79.9. The molecular formula is C27H20BrN3O6S. The molecule has 2 aromatic carbocycles. The van der Waals surface area contributed by atoms with E-state index in [1.807, 2.05) is 30.3 Å². The second kappa shape index (κ2) is 10.3. The summed E-state index contributed by atoms with van der Waals surface area (Å²) in [6.45, 7) is 3.64. The van der Waals surface area contributed by atoms with Gasteiger partial charge in [-0.25, -0.2) is 9.79 Å². The highest BCUT2D eigenvalue weighted by molar-refractivity contribution is 9.10. The van der Waals surface area contributed by atoms with Crippen molar-refractivity contribution in [1.29, 1.82) is 0 Å². The number of fused-ring (bicyclic) bond motifs is 1. The fraction of sp³-hybridized carbons (Fsp3) is 0.148. The minimum absolute atomic E-state index is 0.107. The number of halogens is 1. The molecule has 0 amide bonds. The molecule has 0 saturated carbocycles. The van der Waals surface area contributed by atoms with Crippen molar-refractivity contribution in [3.8, 4) is 11.3 Å². The topological polar surface area (TPSA) is 117 Å². The number of hydrogen-bond acceptors (Lipinski definition) is 8. The van der Waals surface area contributed by atoms with E-state index >= 15 is 0 Å². The molecule has 0 bridgehead atoms. The maximum atomic E-state index is 13.7. The number of benzene rings is 2. The summed E-state index contributed by atoms with van der Waals surface area (Å²) < 4.78 is 13.6. The number of nitro groups is 1. The van der Waals surface area contributed by atoms with Crippen LogP contribution in [0.2, 0.25) is 0 Å². The van der Waals surface area contributed by atoms with Crippen LogP contribution in [0.1, 0.15) is 31.2 Å². The van der Waals surface area contributed by atoms with Crippen LogP contribution in [-0.4, -0.2) is 22.1 Å². The van der Waals surface area contributed by atoms with Crippen LogP contribution in [-0.2, 0) is 9.53 Å². The summed E-state index contributed by atoms with van der Waals surface area (Å²) in [6.07, 6.45) is 1.57. The van der Waals surface area contributed by atoms with Crippen LogP contribution in [0.25, 0.3) is 17.4 Å². The molecule has 0 N–H and O–H groups in total. The Morgan fingerprint density at radius 3 is 2.71 bits per heavy atom. The predicted octanol–water partition coefficient (Wildman–Crippen LogP) is 4.73. The van der Waals surface area contributed by atoms with E-state index in [0.29, 0.717) is 42.2 Å². The number of carbonyl (C=O) groups excluding carboxylic acids is 1. The molecule has 0 aliphatic carbocycles. The van der Waals surface area contributed by atoms with E-state index in [4.69, 9.17) is 9.15 Å². The number of aromatic nitrogens is 1. The van der Waals surface area contributed by atoms with Gasteiger partial charge in [-0.3, -0.25) is 19.5 Å². The molecule has 5 rings (SSSR count). The van der Waals surface area contributed by atoms with Gasteiger partial charge in [-0.05, 0) is 43.7 Å². The summed E-state index contributed by atoms with van der Waals surface area (Å²) in [4.78, 5) is 42.6. The van der Waals surface area contributed by atoms with Crippen molar-refractivity contribution >= 4 is 45.0 Å². The second-order valence-electron chi connectivity index (χ2n) is 8.33. The van der Waals surface area contributed by atoms with Crippen LogP contribution in [0.5, 0.6) is 0 Å². The lowest BCUT2D eigenvalue weighted by atomic mass is 9.96. The predicted molar refractivity (Wildman–Crippen MR) is 145 cm³/mol. The van der Waals surface area contributed by atoms with Gasteiger partial charge < -0.3 is 9.15 Å². The Balaban J connectivity index is 1.63. The third-order valence-electron chi connectivity index (χ3n) is 5.95. The number of furan rings is 1. The van der Waals surface area contributed by atoms with Gasteiger partial charge in [0.2, 0.25) is 0 Å². The number of carbonyl (C=O) groups is 1. The van der Waals surface area contributed by atoms with E-state index in [0.717, 1.165) is 5.56 Å². The lowest BCUT2D eigenvalue weighted by Gasteiger charge is -2.24. The number of allylic oxidation sites excluding steroid dienone is 1. The largest absolute Gasteiger partial charge is 0.463 e. The molecule has 2 aromatic heterocycles. The fourth-order valence-corrected chi connectivity index (χ4v) is 5.69.